The molecule has 0 aliphatic carbocycles. The Balaban J connectivity index is 2.22. The molecule has 0 unspecified atom stereocenters. The summed E-state index contributed by atoms with van der Waals surface area (Å²) in [6, 6.07) is 4.43. The normalized spacial score (nSPS) is 15.4. The molecule has 0 spiro atoms. The number of nitrogens with zero attached hydrogens (tertiary/aromatic N) is 2. The molecule has 1 aliphatic heterocycles. The van der Waals surface area contributed by atoms with Crippen LogP contribution in [0.3, 0.4) is 0 Å². The molecule has 106 valence electrons. The standard InChI is InChI=1S/C13H15N3O4/c1-9-2-3-10(8-11(9)16(19)20)13(18)15-6-4-12(17)14-5-7-15/h2-3,8H,4-7H2,1H3,(H,14,17). The van der Waals surface area contributed by atoms with Crippen molar-refractivity contribution in [3.8, 4) is 0 Å². The van der Waals surface area contributed by atoms with Gasteiger partial charge in [0.1, 0.15) is 0 Å². The highest BCUT2D eigenvalue weighted by Gasteiger charge is 2.22. The number of nitro benzene ring substituents is 1. The minimum absolute atomic E-state index is 0.0696. The first-order chi connectivity index (χ1) is 9.49. The number of aryl methyl sites for hydroxylation is 1. The number of nitrogens with one attached hydrogen (secondary N) is 1. The summed E-state index contributed by atoms with van der Waals surface area (Å²) in [5.74, 6) is -0.375. The van der Waals surface area contributed by atoms with Gasteiger partial charge >= 0.3 is 0 Å². The number of rotatable bonds is 2. The Hall–Kier alpha value is -2.44. The highest BCUT2D eigenvalue weighted by atomic mass is 16.6. The second-order valence-corrected chi connectivity index (χ2v) is 4.65. The molecule has 0 atom stereocenters. The number of carbonyl (C=O) groups excluding carboxylic acids is 2. The Morgan fingerprint density at radius 2 is 2.15 bits per heavy atom. The Kier molecular flexibility index (Phi) is 3.97. The highest BCUT2D eigenvalue weighted by Crippen LogP contribution is 2.20. The largest absolute Gasteiger partial charge is 0.354 e. The first-order valence-corrected chi connectivity index (χ1v) is 6.30. The van der Waals surface area contributed by atoms with Crippen LogP contribution in [0, 0.1) is 17.0 Å². The van der Waals surface area contributed by atoms with Gasteiger partial charge in [-0.1, -0.05) is 6.07 Å². The molecule has 7 heteroatoms. The van der Waals surface area contributed by atoms with Gasteiger partial charge in [0.15, 0.2) is 0 Å². The van der Waals surface area contributed by atoms with Crippen LogP contribution in [0.1, 0.15) is 22.3 Å². The number of nitro groups is 1. The molecule has 7 nitrogen and oxygen atoms in total. The van der Waals surface area contributed by atoms with Gasteiger partial charge in [-0.25, -0.2) is 0 Å². The monoisotopic (exact) mass is 277 g/mol. The van der Waals surface area contributed by atoms with Crippen LogP contribution >= 0.6 is 0 Å². The summed E-state index contributed by atoms with van der Waals surface area (Å²) in [4.78, 5) is 35.5. The lowest BCUT2D eigenvalue weighted by Crippen LogP contribution is -2.34. The Morgan fingerprint density at radius 3 is 2.85 bits per heavy atom. The van der Waals surface area contributed by atoms with Crippen molar-refractivity contribution in [3.63, 3.8) is 0 Å². The van der Waals surface area contributed by atoms with Crippen LogP contribution in [-0.2, 0) is 4.79 Å². The predicted octanol–water partition coefficient (Wildman–Crippen LogP) is 0.865. The number of carbonyl (C=O) groups is 2. The van der Waals surface area contributed by atoms with Gasteiger partial charge in [0.25, 0.3) is 11.6 Å². The number of hydrogen-bond donors (Lipinski definition) is 1. The summed E-state index contributed by atoms with van der Waals surface area (Å²) in [6.45, 7) is 2.76. The van der Waals surface area contributed by atoms with E-state index in [2.05, 4.69) is 5.32 Å². The summed E-state index contributed by atoms with van der Waals surface area (Å²) < 4.78 is 0. The van der Waals surface area contributed by atoms with Crippen LogP contribution in [0.2, 0.25) is 0 Å². The molecule has 0 saturated carbocycles. The first kappa shape index (κ1) is 14.0. The fraction of sp³-hybridized carbons (Fsp3) is 0.385. The fourth-order valence-corrected chi connectivity index (χ4v) is 2.09. The van der Waals surface area contributed by atoms with Crippen molar-refractivity contribution in [2.24, 2.45) is 0 Å². The van der Waals surface area contributed by atoms with Crippen molar-refractivity contribution in [1.82, 2.24) is 10.2 Å². The molecule has 2 rings (SSSR count). The summed E-state index contributed by atoms with van der Waals surface area (Å²) in [5, 5.41) is 13.6. The van der Waals surface area contributed by atoms with Gasteiger partial charge in [-0.05, 0) is 13.0 Å². The van der Waals surface area contributed by atoms with Gasteiger partial charge in [0, 0.05) is 43.2 Å². The number of benzene rings is 1. The zero-order valence-corrected chi connectivity index (χ0v) is 11.1. The Morgan fingerprint density at radius 1 is 1.40 bits per heavy atom. The van der Waals surface area contributed by atoms with Crippen LogP contribution < -0.4 is 5.32 Å². The average molecular weight is 277 g/mol. The van der Waals surface area contributed by atoms with Crippen LogP contribution in [-0.4, -0.2) is 41.3 Å². The molecule has 1 fully saturated rings. The van der Waals surface area contributed by atoms with E-state index in [4.69, 9.17) is 0 Å². The molecule has 1 aliphatic rings. The third-order valence-electron chi connectivity index (χ3n) is 3.25. The second-order valence-electron chi connectivity index (χ2n) is 4.65. The van der Waals surface area contributed by atoms with Crippen LogP contribution in [0.5, 0.6) is 0 Å². The van der Waals surface area contributed by atoms with Gasteiger partial charge in [0.05, 0.1) is 4.92 Å². The summed E-state index contributed by atoms with van der Waals surface area (Å²) in [7, 11) is 0. The Labute approximate surface area is 115 Å². The molecule has 1 N–H and O–H groups in total. The zero-order valence-electron chi connectivity index (χ0n) is 11.1. The maximum absolute atomic E-state index is 12.3. The van der Waals surface area contributed by atoms with Crippen molar-refractivity contribution in [2.45, 2.75) is 13.3 Å². The van der Waals surface area contributed by atoms with Crippen molar-refractivity contribution in [2.75, 3.05) is 19.6 Å². The molecule has 2 amide bonds. The van der Waals surface area contributed by atoms with Crippen LogP contribution in [0.25, 0.3) is 0 Å². The van der Waals surface area contributed by atoms with Gasteiger partial charge in [0.2, 0.25) is 5.91 Å². The molecule has 0 radical (unpaired) electrons. The molecule has 1 aromatic carbocycles. The van der Waals surface area contributed by atoms with Crippen molar-refractivity contribution in [3.05, 3.63) is 39.4 Å². The lowest BCUT2D eigenvalue weighted by molar-refractivity contribution is -0.385. The minimum atomic E-state index is -0.500. The summed E-state index contributed by atoms with van der Waals surface area (Å²) in [5.41, 5.74) is 0.718. The summed E-state index contributed by atoms with van der Waals surface area (Å²) in [6.07, 6.45) is 0.250. The predicted molar refractivity (Wildman–Crippen MR) is 71.4 cm³/mol. The van der Waals surface area contributed by atoms with Crippen LogP contribution in [0.4, 0.5) is 5.69 Å². The first-order valence-electron chi connectivity index (χ1n) is 6.30. The zero-order chi connectivity index (χ0) is 14.7. The van der Waals surface area contributed by atoms with Gasteiger partial charge in [-0.2, -0.15) is 0 Å². The van der Waals surface area contributed by atoms with Crippen LogP contribution in [0.15, 0.2) is 18.2 Å². The third-order valence-corrected chi connectivity index (χ3v) is 3.25. The maximum atomic E-state index is 12.3. The van der Waals surface area contributed by atoms with E-state index >= 15 is 0 Å². The van der Waals surface area contributed by atoms with Crippen molar-refractivity contribution >= 4 is 17.5 Å². The SMILES string of the molecule is Cc1ccc(C(=O)N2CCNC(=O)CC2)cc1[N+](=O)[O-]. The van der Waals surface area contributed by atoms with Gasteiger partial charge in [-0.15, -0.1) is 0 Å². The highest BCUT2D eigenvalue weighted by molar-refractivity contribution is 5.95. The van der Waals surface area contributed by atoms with E-state index in [0.29, 0.717) is 25.2 Å². The van der Waals surface area contributed by atoms with Crippen molar-refractivity contribution < 1.29 is 14.5 Å². The van der Waals surface area contributed by atoms with E-state index in [-0.39, 0.29) is 29.5 Å². The van der Waals surface area contributed by atoms with E-state index in [9.17, 15) is 19.7 Å². The topological polar surface area (TPSA) is 92.6 Å². The van der Waals surface area contributed by atoms with E-state index in [1.807, 2.05) is 0 Å². The molecule has 1 heterocycles. The van der Waals surface area contributed by atoms with E-state index in [0.717, 1.165) is 0 Å². The molecule has 0 bridgehead atoms. The van der Waals surface area contributed by atoms with E-state index < -0.39 is 4.92 Å². The maximum Gasteiger partial charge on any atom is 0.273 e. The molecule has 0 aromatic heterocycles. The minimum Gasteiger partial charge on any atom is -0.354 e. The average Bonchev–Trinajstić information content (AvgIpc) is 2.63. The number of hydrogen-bond acceptors (Lipinski definition) is 4. The van der Waals surface area contributed by atoms with Gasteiger partial charge in [-0.3, -0.25) is 19.7 Å². The molecule has 20 heavy (non-hydrogen) atoms. The van der Waals surface area contributed by atoms with E-state index in [1.165, 1.54) is 11.0 Å². The fourth-order valence-electron chi connectivity index (χ4n) is 2.09. The molecule has 1 aromatic rings. The second kappa shape index (κ2) is 5.68. The van der Waals surface area contributed by atoms with Gasteiger partial charge < -0.3 is 10.2 Å². The number of amides is 2. The lowest BCUT2D eigenvalue weighted by Gasteiger charge is -2.19. The third kappa shape index (κ3) is 2.93. The quantitative estimate of drug-likeness (QED) is 0.641. The molecule has 1 saturated heterocycles. The molecular formula is C13H15N3O4. The van der Waals surface area contributed by atoms with Crippen molar-refractivity contribution in [1.29, 1.82) is 0 Å². The smallest absolute Gasteiger partial charge is 0.273 e. The molecular weight excluding hydrogens is 262 g/mol. The lowest BCUT2D eigenvalue weighted by atomic mass is 10.1. The van der Waals surface area contributed by atoms with E-state index in [1.54, 1.807) is 19.1 Å². The Bertz CT molecular complexity index is 571. The summed E-state index contributed by atoms with van der Waals surface area (Å²) >= 11 is 0.